The molecule has 2 rings (SSSR count). The molecule has 1 aromatic carbocycles. The Morgan fingerprint density at radius 2 is 2.29 bits per heavy atom. The van der Waals surface area contributed by atoms with Gasteiger partial charge in [0.2, 0.25) is 0 Å². The number of aliphatic imine (C=N–C) groups is 1. The summed E-state index contributed by atoms with van der Waals surface area (Å²) in [6.07, 6.45) is 3.31. The van der Waals surface area contributed by atoms with Gasteiger partial charge in [-0.25, -0.2) is 4.99 Å². The number of halogens is 1. The number of aryl methyl sites for hydroxylation is 1. The quantitative estimate of drug-likeness (QED) is 0.278. The summed E-state index contributed by atoms with van der Waals surface area (Å²) in [5.74, 6) is 1.89. The highest BCUT2D eigenvalue weighted by Crippen LogP contribution is 2.23. The van der Waals surface area contributed by atoms with E-state index in [1.807, 2.05) is 0 Å². The topological polar surface area (TPSA) is 68.9 Å². The summed E-state index contributed by atoms with van der Waals surface area (Å²) in [7, 11) is 0. The number of guanidine groups is 1. The summed E-state index contributed by atoms with van der Waals surface area (Å²) >= 11 is 0. The lowest BCUT2D eigenvalue weighted by molar-refractivity contribution is 0.166. The molecule has 1 aliphatic rings. The van der Waals surface area contributed by atoms with Crippen molar-refractivity contribution in [1.82, 2.24) is 5.32 Å². The molecule has 0 aromatic heterocycles. The maximum Gasteiger partial charge on any atom is 0.188 e. The second kappa shape index (κ2) is 11.5. The standard InChI is InChI=1S/C18H29N3O2.HI/c1-3-4-8-20-18(19)21-11-16-6-5-14(2)10-17(16)23-13-15-7-9-22-12-15;/h5-6,10,15H,3-4,7-9,11-13H2,1-2H3,(H3,19,20,21);1H. The van der Waals surface area contributed by atoms with Crippen molar-refractivity contribution in [2.24, 2.45) is 16.6 Å². The SMILES string of the molecule is CCCCNC(N)=NCc1ccc(C)cc1OCC1CCOC1.I. The van der Waals surface area contributed by atoms with Crippen molar-refractivity contribution in [3.8, 4) is 5.75 Å². The van der Waals surface area contributed by atoms with Crippen LogP contribution in [0.25, 0.3) is 0 Å². The van der Waals surface area contributed by atoms with E-state index in [4.69, 9.17) is 15.2 Å². The first kappa shape index (κ1) is 21.0. The van der Waals surface area contributed by atoms with Gasteiger partial charge in [0.25, 0.3) is 0 Å². The Kier molecular flexibility index (Phi) is 10.1. The van der Waals surface area contributed by atoms with Gasteiger partial charge < -0.3 is 20.5 Å². The Balaban J connectivity index is 0.00000288. The number of unbranched alkanes of at least 4 members (excludes halogenated alkanes) is 1. The van der Waals surface area contributed by atoms with Crippen LogP contribution in [0.15, 0.2) is 23.2 Å². The summed E-state index contributed by atoms with van der Waals surface area (Å²) < 4.78 is 11.4. The van der Waals surface area contributed by atoms with E-state index in [-0.39, 0.29) is 24.0 Å². The van der Waals surface area contributed by atoms with Crippen LogP contribution in [0.2, 0.25) is 0 Å². The van der Waals surface area contributed by atoms with Crippen LogP contribution in [-0.2, 0) is 11.3 Å². The monoisotopic (exact) mass is 447 g/mol. The molecule has 5 nitrogen and oxygen atoms in total. The Labute approximate surface area is 162 Å². The fraction of sp³-hybridized carbons (Fsp3) is 0.611. The van der Waals surface area contributed by atoms with Crippen LogP contribution >= 0.6 is 24.0 Å². The molecule has 0 aliphatic carbocycles. The van der Waals surface area contributed by atoms with Crippen molar-refractivity contribution in [2.45, 2.75) is 39.7 Å². The number of hydrogen-bond acceptors (Lipinski definition) is 3. The van der Waals surface area contributed by atoms with Gasteiger partial charge in [0.05, 0.1) is 19.8 Å². The van der Waals surface area contributed by atoms with Gasteiger partial charge in [-0.05, 0) is 31.4 Å². The molecule has 1 atom stereocenters. The molecule has 1 fully saturated rings. The van der Waals surface area contributed by atoms with E-state index < -0.39 is 0 Å². The van der Waals surface area contributed by atoms with Crippen LogP contribution in [0.3, 0.4) is 0 Å². The smallest absolute Gasteiger partial charge is 0.188 e. The Morgan fingerprint density at radius 1 is 1.46 bits per heavy atom. The van der Waals surface area contributed by atoms with E-state index in [1.165, 1.54) is 5.56 Å². The number of nitrogens with two attached hydrogens (primary N) is 1. The predicted molar refractivity (Wildman–Crippen MR) is 109 cm³/mol. The van der Waals surface area contributed by atoms with Crippen molar-refractivity contribution in [2.75, 3.05) is 26.4 Å². The summed E-state index contributed by atoms with van der Waals surface area (Å²) in [4.78, 5) is 4.41. The fourth-order valence-corrected chi connectivity index (χ4v) is 2.47. The molecule has 24 heavy (non-hydrogen) atoms. The number of nitrogens with one attached hydrogen (secondary N) is 1. The number of hydrogen-bond donors (Lipinski definition) is 2. The van der Waals surface area contributed by atoms with E-state index >= 15 is 0 Å². The molecule has 136 valence electrons. The van der Waals surface area contributed by atoms with Crippen LogP contribution in [-0.4, -0.2) is 32.3 Å². The molecule has 0 saturated carbocycles. The molecular formula is C18H30IN3O2. The molecule has 1 unspecified atom stereocenters. The highest BCUT2D eigenvalue weighted by molar-refractivity contribution is 14.0. The van der Waals surface area contributed by atoms with Gasteiger partial charge in [0, 0.05) is 24.6 Å². The minimum atomic E-state index is 0. The van der Waals surface area contributed by atoms with Crippen molar-refractivity contribution < 1.29 is 9.47 Å². The normalized spacial score (nSPS) is 17.4. The average molecular weight is 447 g/mol. The van der Waals surface area contributed by atoms with Crippen LogP contribution in [0.4, 0.5) is 0 Å². The van der Waals surface area contributed by atoms with Gasteiger partial charge in [-0.2, -0.15) is 0 Å². The molecule has 1 aliphatic heterocycles. The molecule has 0 amide bonds. The van der Waals surface area contributed by atoms with Gasteiger partial charge in [0.15, 0.2) is 5.96 Å². The maximum atomic E-state index is 6.02. The lowest BCUT2D eigenvalue weighted by Gasteiger charge is -2.14. The first-order chi connectivity index (χ1) is 11.2. The van der Waals surface area contributed by atoms with Crippen LogP contribution < -0.4 is 15.8 Å². The lowest BCUT2D eigenvalue weighted by Crippen LogP contribution is -2.32. The van der Waals surface area contributed by atoms with E-state index in [0.717, 1.165) is 50.3 Å². The molecule has 1 saturated heterocycles. The number of ether oxygens (including phenoxy) is 2. The first-order valence-corrected chi connectivity index (χ1v) is 8.53. The molecular weight excluding hydrogens is 417 g/mol. The van der Waals surface area contributed by atoms with Gasteiger partial charge in [-0.1, -0.05) is 25.5 Å². The second-order valence-electron chi connectivity index (χ2n) is 6.13. The molecule has 6 heteroatoms. The minimum absolute atomic E-state index is 0. The first-order valence-electron chi connectivity index (χ1n) is 8.53. The largest absolute Gasteiger partial charge is 0.493 e. The molecule has 3 N–H and O–H groups in total. The predicted octanol–water partition coefficient (Wildman–Crippen LogP) is 3.23. The van der Waals surface area contributed by atoms with E-state index in [1.54, 1.807) is 0 Å². The number of benzene rings is 1. The van der Waals surface area contributed by atoms with Gasteiger partial charge in [-0.15, -0.1) is 24.0 Å². The van der Waals surface area contributed by atoms with E-state index in [2.05, 4.69) is 42.4 Å². The van der Waals surface area contributed by atoms with Crippen LogP contribution in [0.5, 0.6) is 5.75 Å². The molecule has 1 heterocycles. The molecule has 1 aromatic rings. The maximum absolute atomic E-state index is 6.02. The van der Waals surface area contributed by atoms with Crippen LogP contribution in [0, 0.1) is 12.8 Å². The summed E-state index contributed by atoms with van der Waals surface area (Å²) in [5.41, 5.74) is 8.15. The third kappa shape index (κ3) is 7.25. The minimum Gasteiger partial charge on any atom is -0.493 e. The molecule has 0 bridgehead atoms. The zero-order chi connectivity index (χ0) is 16.5. The van der Waals surface area contributed by atoms with Crippen molar-refractivity contribution in [3.63, 3.8) is 0 Å². The van der Waals surface area contributed by atoms with E-state index in [0.29, 0.717) is 25.0 Å². The molecule has 0 radical (unpaired) electrons. The highest BCUT2D eigenvalue weighted by Gasteiger charge is 2.17. The van der Waals surface area contributed by atoms with Gasteiger partial charge in [0.1, 0.15) is 5.75 Å². The number of nitrogens with zero attached hydrogens (tertiary/aromatic N) is 1. The third-order valence-electron chi connectivity index (χ3n) is 3.98. The summed E-state index contributed by atoms with van der Waals surface area (Å²) in [5, 5.41) is 3.13. The van der Waals surface area contributed by atoms with Crippen molar-refractivity contribution >= 4 is 29.9 Å². The Hall–Kier alpha value is -1.02. The lowest BCUT2D eigenvalue weighted by atomic mass is 10.1. The zero-order valence-electron chi connectivity index (χ0n) is 14.7. The summed E-state index contributed by atoms with van der Waals surface area (Å²) in [6.45, 7) is 7.96. The van der Waals surface area contributed by atoms with Crippen LogP contribution in [0.1, 0.15) is 37.3 Å². The van der Waals surface area contributed by atoms with Crippen molar-refractivity contribution in [1.29, 1.82) is 0 Å². The second-order valence-corrected chi connectivity index (χ2v) is 6.13. The van der Waals surface area contributed by atoms with E-state index in [9.17, 15) is 0 Å². The van der Waals surface area contributed by atoms with Crippen molar-refractivity contribution in [3.05, 3.63) is 29.3 Å². The Bertz CT molecular complexity index is 517. The van der Waals surface area contributed by atoms with Gasteiger partial charge >= 0.3 is 0 Å². The molecule has 0 spiro atoms. The zero-order valence-corrected chi connectivity index (χ0v) is 17.0. The average Bonchev–Trinajstić information content (AvgIpc) is 3.05. The number of rotatable bonds is 8. The third-order valence-corrected chi connectivity index (χ3v) is 3.98. The Morgan fingerprint density at radius 3 is 3.00 bits per heavy atom. The fourth-order valence-electron chi connectivity index (χ4n) is 2.47. The van der Waals surface area contributed by atoms with Gasteiger partial charge in [-0.3, -0.25) is 0 Å². The summed E-state index contributed by atoms with van der Waals surface area (Å²) in [6, 6.07) is 6.22. The highest BCUT2D eigenvalue weighted by atomic mass is 127.